The van der Waals surface area contributed by atoms with Gasteiger partial charge in [0, 0.05) is 5.02 Å². The fourth-order valence-corrected chi connectivity index (χ4v) is 1.93. The normalized spacial score (nSPS) is 17.5. The van der Waals surface area contributed by atoms with Crippen molar-refractivity contribution in [3.05, 3.63) is 22.7 Å². The number of anilines is 2. The minimum absolute atomic E-state index is 0.0105. The van der Waals surface area contributed by atoms with E-state index in [4.69, 9.17) is 11.6 Å². The largest absolute Gasteiger partial charge is 0.469 e. The number of aryl methyl sites for hydroxylation is 1. The first-order valence-corrected chi connectivity index (χ1v) is 5.83. The van der Waals surface area contributed by atoms with Gasteiger partial charge in [0.05, 0.1) is 24.9 Å². The van der Waals surface area contributed by atoms with Crippen LogP contribution in [0.15, 0.2) is 12.1 Å². The third-order valence-corrected chi connectivity index (χ3v) is 3.21. The molecule has 1 amide bonds. The number of hydrogen-bond donors (Lipinski definition) is 2. The molecule has 1 aromatic rings. The number of nitrogens with one attached hydrogen (secondary N) is 2. The van der Waals surface area contributed by atoms with Crippen LogP contribution < -0.4 is 10.6 Å². The third kappa shape index (κ3) is 2.41. The van der Waals surface area contributed by atoms with Gasteiger partial charge in [0.25, 0.3) is 0 Å². The van der Waals surface area contributed by atoms with E-state index >= 15 is 0 Å². The average molecular weight is 269 g/mol. The number of carbonyl (C=O) groups is 2. The standard InChI is InChI=1S/C12H13ClN2O3/c1-6-3-8-9(4-7(6)13)15-12(17)10(14-8)5-11(16)18-2/h3-4,10,14H,5H2,1-2H3,(H,15,17). The van der Waals surface area contributed by atoms with Gasteiger partial charge in [0.2, 0.25) is 5.91 Å². The van der Waals surface area contributed by atoms with E-state index in [9.17, 15) is 9.59 Å². The number of rotatable bonds is 2. The Hall–Kier alpha value is -1.75. The number of carbonyl (C=O) groups excluding carboxylic acids is 2. The second-order valence-electron chi connectivity index (χ2n) is 4.11. The maximum Gasteiger partial charge on any atom is 0.308 e. The van der Waals surface area contributed by atoms with Crippen molar-refractivity contribution < 1.29 is 14.3 Å². The zero-order valence-corrected chi connectivity index (χ0v) is 10.8. The molecule has 0 fully saturated rings. The molecule has 1 unspecified atom stereocenters. The van der Waals surface area contributed by atoms with E-state index < -0.39 is 12.0 Å². The highest BCUT2D eigenvalue weighted by Gasteiger charge is 2.28. The average Bonchev–Trinajstić information content (AvgIpc) is 2.32. The summed E-state index contributed by atoms with van der Waals surface area (Å²) >= 11 is 5.98. The fourth-order valence-electron chi connectivity index (χ4n) is 1.77. The molecule has 1 atom stereocenters. The number of hydrogen-bond acceptors (Lipinski definition) is 4. The summed E-state index contributed by atoms with van der Waals surface area (Å²) < 4.78 is 4.55. The van der Waals surface area contributed by atoms with E-state index in [0.717, 1.165) is 11.3 Å². The molecule has 0 bridgehead atoms. The van der Waals surface area contributed by atoms with Crippen LogP contribution in [0.2, 0.25) is 5.02 Å². The molecule has 0 aliphatic carbocycles. The smallest absolute Gasteiger partial charge is 0.308 e. The van der Waals surface area contributed by atoms with Crippen molar-refractivity contribution in [2.75, 3.05) is 17.7 Å². The fraction of sp³-hybridized carbons (Fsp3) is 0.333. The van der Waals surface area contributed by atoms with Gasteiger partial charge < -0.3 is 15.4 Å². The molecule has 5 nitrogen and oxygen atoms in total. The minimum atomic E-state index is -0.620. The minimum Gasteiger partial charge on any atom is -0.469 e. The van der Waals surface area contributed by atoms with Gasteiger partial charge in [-0.05, 0) is 24.6 Å². The molecular formula is C12H13ClN2O3. The maximum atomic E-state index is 11.8. The van der Waals surface area contributed by atoms with Crippen LogP contribution in [-0.2, 0) is 14.3 Å². The molecule has 0 spiro atoms. The lowest BCUT2D eigenvalue weighted by Gasteiger charge is -2.26. The Morgan fingerprint density at radius 1 is 1.44 bits per heavy atom. The Morgan fingerprint density at radius 2 is 2.17 bits per heavy atom. The summed E-state index contributed by atoms with van der Waals surface area (Å²) in [5.41, 5.74) is 2.28. The Balaban J connectivity index is 2.24. The summed E-state index contributed by atoms with van der Waals surface area (Å²) in [6.45, 7) is 1.87. The van der Waals surface area contributed by atoms with E-state index in [1.54, 1.807) is 6.07 Å². The predicted molar refractivity (Wildman–Crippen MR) is 68.9 cm³/mol. The lowest BCUT2D eigenvalue weighted by molar-refractivity contribution is -0.142. The van der Waals surface area contributed by atoms with Gasteiger partial charge in [0.15, 0.2) is 0 Å². The Kier molecular flexibility index (Phi) is 3.43. The van der Waals surface area contributed by atoms with Gasteiger partial charge in [-0.3, -0.25) is 9.59 Å². The lowest BCUT2D eigenvalue weighted by atomic mass is 10.1. The highest BCUT2D eigenvalue weighted by atomic mass is 35.5. The molecule has 1 aliphatic heterocycles. The van der Waals surface area contributed by atoms with Crippen molar-refractivity contribution in [3.63, 3.8) is 0 Å². The van der Waals surface area contributed by atoms with E-state index in [-0.39, 0.29) is 12.3 Å². The summed E-state index contributed by atoms with van der Waals surface area (Å²) in [6.07, 6.45) is -0.0105. The number of benzene rings is 1. The first-order chi connectivity index (χ1) is 8.51. The second kappa shape index (κ2) is 4.86. The molecule has 0 saturated carbocycles. The van der Waals surface area contributed by atoms with Crippen LogP contribution in [0, 0.1) is 6.92 Å². The van der Waals surface area contributed by atoms with Crippen molar-refractivity contribution >= 4 is 34.9 Å². The summed E-state index contributed by atoms with van der Waals surface area (Å²) in [4.78, 5) is 23.0. The first kappa shape index (κ1) is 12.7. The van der Waals surface area contributed by atoms with Crippen molar-refractivity contribution in [2.24, 2.45) is 0 Å². The summed E-state index contributed by atoms with van der Waals surface area (Å²) in [5.74, 6) is -0.704. The first-order valence-electron chi connectivity index (χ1n) is 5.45. The molecular weight excluding hydrogens is 256 g/mol. The van der Waals surface area contributed by atoms with Crippen LogP contribution in [0.4, 0.5) is 11.4 Å². The van der Waals surface area contributed by atoms with Gasteiger partial charge in [-0.1, -0.05) is 11.6 Å². The van der Waals surface area contributed by atoms with Gasteiger partial charge >= 0.3 is 5.97 Å². The van der Waals surface area contributed by atoms with E-state index in [1.165, 1.54) is 7.11 Å². The molecule has 0 radical (unpaired) electrons. The monoisotopic (exact) mass is 268 g/mol. The van der Waals surface area contributed by atoms with Crippen molar-refractivity contribution in [3.8, 4) is 0 Å². The summed E-state index contributed by atoms with van der Waals surface area (Å²) in [7, 11) is 1.29. The molecule has 0 aromatic heterocycles. The zero-order valence-electron chi connectivity index (χ0n) is 10.0. The Morgan fingerprint density at radius 3 is 2.83 bits per heavy atom. The van der Waals surface area contributed by atoms with Gasteiger partial charge in [-0.15, -0.1) is 0 Å². The number of fused-ring (bicyclic) bond motifs is 1. The predicted octanol–water partition coefficient (Wildman–Crippen LogP) is 1.94. The maximum absolute atomic E-state index is 11.8. The van der Waals surface area contributed by atoms with Crippen molar-refractivity contribution in [1.29, 1.82) is 0 Å². The number of esters is 1. The number of amides is 1. The second-order valence-corrected chi connectivity index (χ2v) is 4.52. The van der Waals surface area contributed by atoms with Crippen LogP contribution in [0.25, 0.3) is 0 Å². The van der Waals surface area contributed by atoms with Gasteiger partial charge in [-0.2, -0.15) is 0 Å². The van der Waals surface area contributed by atoms with Crippen molar-refractivity contribution in [2.45, 2.75) is 19.4 Å². The van der Waals surface area contributed by atoms with Crippen LogP contribution in [0.3, 0.4) is 0 Å². The number of halogens is 1. The molecule has 6 heteroatoms. The van der Waals surface area contributed by atoms with Crippen LogP contribution in [0.5, 0.6) is 0 Å². The SMILES string of the molecule is COC(=O)CC1Nc2cc(C)c(Cl)cc2NC1=O. The van der Waals surface area contributed by atoms with E-state index in [0.29, 0.717) is 10.7 Å². The molecule has 1 heterocycles. The highest BCUT2D eigenvalue weighted by Crippen LogP contribution is 2.32. The van der Waals surface area contributed by atoms with Gasteiger partial charge in [-0.25, -0.2) is 0 Å². The van der Waals surface area contributed by atoms with Crippen LogP contribution in [0.1, 0.15) is 12.0 Å². The Labute approximate surface area is 109 Å². The molecule has 18 heavy (non-hydrogen) atoms. The van der Waals surface area contributed by atoms with E-state index in [1.807, 2.05) is 13.0 Å². The van der Waals surface area contributed by atoms with Crippen LogP contribution in [-0.4, -0.2) is 25.0 Å². The highest BCUT2D eigenvalue weighted by molar-refractivity contribution is 6.32. The summed E-state index contributed by atoms with van der Waals surface area (Å²) in [6, 6.07) is 2.90. The molecule has 2 rings (SSSR count). The lowest BCUT2D eigenvalue weighted by Crippen LogP contribution is -2.40. The topological polar surface area (TPSA) is 67.4 Å². The molecule has 2 N–H and O–H groups in total. The Bertz CT molecular complexity index is 516. The third-order valence-electron chi connectivity index (χ3n) is 2.80. The molecule has 1 aliphatic rings. The van der Waals surface area contributed by atoms with Crippen LogP contribution >= 0.6 is 11.6 Å². The molecule has 96 valence electrons. The quantitative estimate of drug-likeness (QED) is 0.805. The number of methoxy groups -OCH3 is 1. The summed E-state index contributed by atoms with van der Waals surface area (Å²) in [5, 5.41) is 6.31. The zero-order chi connectivity index (χ0) is 13.3. The molecule has 1 aromatic carbocycles. The van der Waals surface area contributed by atoms with E-state index in [2.05, 4.69) is 15.4 Å². The van der Waals surface area contributed by atoms with Gasteiger partial charge in [0.1, 0.15) is 6.04 Å². The molecule has 0 saturated heterocycles. The number of ether oxygens (including phenoxy) is 1. The van der Waals surface area contributed by atoms with Crippen molar-refractivity contribution in [1.82, 2.24) is 0 Å².